The first-order chi connectivity index (χ1) is 10.9. The average molecular weight is 328 g/mol. The molecule has 2 amide bonds. The topological polar surface area (TPSA) is 50.8 Å². The molecule has 0 saturated carbocycles. The summed E-state index contributed by atoms with van der Waals surface area (Å²) >= 11 is 0. The molecule has 1 aliphatic heterocycles. The summed E-state index contributed by atoms with van der Waals surface area (Å²) in [6.07, 6.45) is -2.49. The molecular formula is C16H22F2N2O3. The van der Waals surface area contributed by atoms with Crippen molar-refractivity contribution in [3.63, 3.8) is 0 Å². The highest BCUT2D eigenvalue weighted by Crippen LogP contribution is 2.15. The van der Waals surface area contributed by atoms with Crippen molar-refractivity contribution in [2.24, 2.45) is 0 Å². The summed E-state index contributed by atoms with van der Waals surface area (Å²) in [5.74, 6) is 0.366. The number of carbonyl (C=O) groups excluding carboxylic acids is 1. The summed E-state index contributed by atoms with van der Waals surface area (Å²) < 4.78 is 34.9. The molecule has 0 aromatic heterocycles. The van der Waals surface area contributed by atoms with Crippen molar-refractivity contribution in [3.8, 4) is 5.75 Å². The second-order valence-corrected chi connectivity index (χ2v) is 5.67. The van der Waals surface area contributed by atoms with E-state index in [2.05, 4.69) is 5.32 Å². The lowest BCUT2D eigenvalue weighted by Crippen LogP contribution is -2.51. The number of halogens is 2. The fourth-order valence-corrected chi connectivity index (χ4v) is 2.54. The fraction of sp³-hybridized carbons (Fsp3) is 0.562. The number of carbonyl (C=O) groups is 1. The van der Waals surface area contributed by atoms with Gasteiger partial charge in [-0.15, -0.1) is 0 Å². The molecule has 128 valence electrons. The third-order valence-corrected chi connectivity index (χ3v) is 3.42. The highest BCUT2D eigenvalue weighted by Gasteiger charge is 2.25. The third kappa shape index (κ3) is 5.67. The maximum absolute atomic E-state index is 12.2. The predicted molar refractivity (Wildman–Crippen MR) is 81.8 cm³/mol. The Bertz CT molecular complexity index is 518. The van der Waals surface area contributed by atoms with Crippen molar-refractivity contribution in [1.82, 2.24) is 10.2 Å². The Morgan fingerprint density at radius 3 is 2.74 bits per heavy atom. The van der Waals surface area contributed by atoms with Crippen LogP contribution in [0.3, 0.4) is 0 Å². The molecule has 1 aromatic rings. The van der Waals surface area contributed by atoms with Gasteiger partial charge in [0.1, 0.15) is 12.4 Å². The molecule has 0 unspecified atom stereocenters. The molecule has 1 saturated heterocycles. The summed E-state index contributed by atoms with van der Waals surface area (Å²) in [7, 11) is 0. The predicted octanol–water partition coefficient (Wildman–Crippen LogP) is 2.65. The van der Waals surface area contributed by atoms with Crippen molar-refractivity contribution in [2.75, 3.05) is 19.7 Å². The maximum atomic E-state index is 12.2. The Kier molecular flexibility index (Phi) is 6.15. The number of ether oxygens (including phenoxy) is 2. The summed E-state index contributed by atoms with van der Waals surface area (Å²) in [5, 5.41) is 2.83. The maximum Gasteiger partial charge on any atom is 0.317 e. The molecule has 1 heterocycles. The smallest absolute Gasteiger partial charge is 0.317 e. The van der Waals surface area contributed by atoms with E-state index in [1.54, 1.807) is 29.2 Å². The number of rotatable bonds is 5. The van der Waals surface area contributed by atoms with Gasteiger partial charge in [0, 0.05) is 19.6 Å². The molecule has 0 radical (unpaired) electrons. The quantitative estimate of drug-likeness (QED) is 0.904. The van der Waals surface area contributed by atoms with Gasteiger partial charge in [-0.2, -0.15) is 0 Å². The van der Waals surface area contributed by atoms with Crippen molar-refractivity contribution in [1.29, 1.82) is 0 Å². The van der Waals surface area contributed by atoms with Crippen molar-refractivity contribution < 1.29 is 23.0 Å². The second-order valence-electron chi connectivity index (χ2n) is 5.67. The molecule has 1 fully saturated rings. The van der Waals surface area contributed by atoms with Crippen molar-refractivity contribution in [3.05, 3.63) is 29.8 Å². The van der Waals surface area contributed by atoms with Gasteiger partial charge in [-0.25, -0.2) is 13.6 Å². The first-order valence-corrected chi connectivity index (χ1v) is 7.62. The number of morpholine rings is 1. The summed E-state index contributed by atoms with van der Waals surface area (Å²) in [6.45, 7) is 4.63. The van der Waals surface area contributed by atoms with E-state index in [4.69, 9.17) is 9.47 Å². The van der Waals surface area contributed by atoms with E-state index in [0.29, 0.717) is 25.4 Å². The van der Waals surface area contributed by atoms with Crippen LogP contribution in [-0.2, 0) is 11.3 Å². The lowest BCUT2D eigenvalue weighted by molar-refractivity contribution is -0.0545. The summed E-state index contributed by atoms with van der Waals surface area (Å²) in [6, 6.07) is 6.61. The van der Waals surface area contributed by atoms with Crippen LogP contribution in [0.15, 0.2) is 24.3 Å². The minimum Gasteiger partial charge on any atom is -0.488 e. The van der Waals surface area contributed by atoms with Crippen LogP contribution in [0.4, 0.5) is 13.6 Å². The Hall–Kier alpha value is -1.89. The average Bonchev–Trinajstić information content (AvgIpc) is 2.50. The van der Waals surface area contributed by atoms with E-state index in [-0.39, 0.29) is 18.2 Å². The van der Waals surface area contributed by atoms with Crippen LogP contribution in [0.25, 0.3) is 0 Å². The normalized spacial score (nSPS) is 21.3. The van der Waals surface area contributed by atoms with Gasteiger partial charge in [0.2, 0.25) is 0 Å². The Morgan fingerprint density at radius 2 is 2.09 bits per heavy atom. The molecule has 1 aromatic carbocycles. The van der Waals surface area contributed by atoms with Gasteiger partial charge in [0.15, 0.2) is 0 Å². The van der Waals surface area contributed by atoms with Crippen molar-refractivity contribution in [2.45, 2.75) is 39.0 Å². The van der Waals surface area contributed by atoms with Crippen molar-refractivity contribution >= 4 is 6.03 Å². The number of hydrogen-bond donors (Lipinski definition) is 1. The van der Waals surface area contributed by atoms with Crippen LogP contribution in [0, 0.1) is 0 Å². The van der Waals surface area contributed by atoms with Gasteiger partial charge in [0.25, 0.3) is 6.43 Å². The zero-order valence-electron chi connectivity index (χ0n) is 13.3. The van der Waals surface area contributed by atoms with Gasteiger partial charge < -0.3 is 19.7 Å². The van der Waals surface area contributed by atoms with E-state index < -0.39 is 13.0 Å². The van der Waals surface area contributed by atoms with Crippen LogP contribution >= 0.6 is 0 Å². The van der Waals surface area contributed by atoms with Gasteiger partial charge >= 0.3 is 6.03 Å². The van der Waals surface area contributed by atoms with Crippen LogP contribution < -0.4 is 10.1 Å². The minimum atomic E-state index is -2.51. The van der Waals surface area contributed by atoms with Crippen LogP contribution in [0.2, 0.25) is 0 Å². The number of benzene rings is 1. The molecule has 23 heavy (non-hydrogen) atoms. The summed E-state index contributed by atoms with van der Waals surface area (Å²) in [4.78, 5) is 13.9. The number of alkyl halides is 2. The number of amides is 2. The Balaban J connectivity index is 1.85. The van der Waals surface area contributed by atoms with Crippen LogP contribution in [0.5, 0.6) is 5.75 Å². The zero-order valence-corrected chi connectivity index (χ0v) is 13.3. The molecule has 7 heteroatoms. The first-order valence-electron chi connectivity index (χ1n) is 7.62. The molecular weight excluding hydrogens is 306 g/mol. The van der Waals surface area contributed by atoms with Gasteiger partial charge in [-0.1, -0.05) is 12.1 Å². The molecule has 2 rings (SSSR count). The van der Waals surface area contributed by atoms with E-state index in [0.717, 1.165) is 5.56 Å². The SMILES string of the molecule is C[C@@H]1CN(C(=O)NCc2cccc(OCC(F)F)c2)C[C@H](C)O1. The van der Waals surface area contributed by atoms with E-state index in [1.165, 1.54) is 0 Å². The van der Waals surface area contributed by atoms with Gasteiger partial charge in [0.05, 0.1) is 12.2 Å². The molecule has 0 spiro atoms. The Labute approximate surface area is 134 Å². The number of nitrogens with zero attached hydrogens (tertiary/aromatic N) is 1. The number of hydrogen-bond acceptors (Lipinski definition) is 3. The molecule has 0 aliphatic carbocycles. The first kappa shape index (κ1) is 17.5. The Morgan fingerprint density at radius 1 is 1.39 bits per heavy atom. The van der Waals surface area contributed by atoms with Gasteiger partial charge in [-0.05, 0) is 31.5 Å². The largest absolute Gasteiger partial charge is 0.488 e. The fourth-order valence-electron chi connectivity index (χ4n) is 2.54. The molecule has 2 atom stereocenters. The number of nitrogens with one attached hydrogen (secondary N) is 1. The second kappa shape index (κ2) is 8.10. The van der Waals surface area contributed by atoms with E-state index in [9.17, 15) is 13.6 Å². The lowest BCUT2D eigenvalue weighted by atomic mass is 10.2. The molecule has 5 nitrogen and oxygen atoms in total. The standard InChI is InChI=1S/C16H22F2N2O3/c1-11-8-20(9-12(2)23-11)16(21)19-7-13-4-3-5-14(6-13)22-10-15(17)18/h3-6,11-12,15H,7-10H2,1-2H3,(H,19,21)/t11-,12+. The van der Waals surface area contributed by atoms with E-state index >= 15 is 0 Å². The van der Waals surface area contributed by atoms with Crippen LogP contribution in [-0.4, -0.2) is 49.3 Å². The molecule has 0 bridgehead atoms. The highest BCUT2D eigenvalue weighted by molar-refractivity contribution is 5.74. The van der Waals surface area contributed by atoms with E-state index in [1.807, 2.05) is 13.8 Å². The minimum absolute atomic E-state index is 0.00979. The number of urea groups is 1. The monoisotopic (exact) mass is 328 g/mol. The highest BCUT2D eigenvalue weighted by atomic mass is 19.3. The zero-order chi connectivity index (χ0) is 16.8. The van der Waals surface area contributed by atoms with Gasteiger partial charge in [-0.3, -0.25) is 0 Å². The molecule has 1 aliphatic rings. The lowest BCUT2D eigenvalue weighted by Gasteiger charge is -2.35. The molecule has 1 N–H and O–H groups in total. The van der Waals surface area contributed by atoms with Crippen LogP contribution in [0.1, 0.15) is 19.4 Å². The summed E-state index contributed by atoms with van der Waals surface area (Å²) in [5.41, 5.74) is 0.791. The third-order valence-electron chi connectivity index (χ3n) is 3.42.